The number of nitrogens with zero attached hydrogens (tertiary/aromatic N) is 1. The molecule has 0 unspecified atom stereocenters. The van der Waals surface area contributed by atoms with Crippen LogP contribution in [-0.4, -0.2) is 49.6 Å². The average Bonchev–Trinajstić information content (AvgIpc) is 2.84. The van der Waals surface area contributed by atoms with Crippen LogP contribution in [-0.2, 0) is 0 Å². The van der Waals surface area contributed by atoms with E-state index in [1.807, 2.05) is 11.8 Å². The van der Waals surface area contributed by atoms with E-state index in [0.29, 0.717) is 0 Å². The number of rotatable bonds is 7. The van der Waals surface area contributed by atoms with Crippen molar-refractivity contribution < 1.29 is 0 Å². The summed E-state index contributed by atoms with van der Waals surface area (Å²) in [6, 6.07) is 0.860. The third kappa shape index (κ3) is 5.01. The average molecular weight is 188 g/mol. The van der Waals surface area contributed by atoms with Crippen molar-refractivity contribution in [2.24, 2.45) is 0 Å². The minimum atomic E-state index is 0.860. The second kappa shape index (κ2) is 5.84. The molecule has 3 heteroatoms. The van der Waals surface area contributed by atoms with Crippen LogP contribution in [0.3, 0.4) is 0 Å². The molecule has 0 saturated heterocycles. The Morgan fingerprint density at radius 1 is 1.42 bits per heavy atom. The monoisotopic (exact) mass is 188 g/mol. The summed E-state index contributed by atoms with van der Waals surface area (Å²) in [5, 5.41) is 3.52. The summed E-state index contributed by atoms with van der Waals surface area (Å²) in [6.45, 7) is 3.57. The molecule has 0 aliphatic heterocycles. The Labute approximate surface area is 80.1 Å². The van der Waals surface area contributed by atoms with Crippen molar-refractivity contribution in [3.05, 3.63) is 0 Å². The van der Waals surface area contributed by atoms with Gasteiger partial charge in [0.25, 0.3) is 0 Å². The first-order chi connectivity index (χ1) is 5.83. The smallest absolute Gasteiger partial charge is 0.0104 e. The molecular formula is C9H20N2S. The molecule has 1 aliphatic rings. The number of hydrogen-bond donors (Lipinski definition) is 1. The molecule has 2 nitrogen and oxygen atoms in total. The van der Waals surface area contributed by atoms with Crippen molar-refractivity contribution in [2.45, 2.75) is 18.9 Å². The highest BCUT2D eigenvalue weighted by atomic mass is 32.2. The van der Waals surface area contributed by atoms with Gasteiger partial charge in [-0.05, 0) is 26.1 Å². The zero-order chi connectivity index (χ0) is 8.81. The molecule has 0 atom stereocenters. The third-order valence-corrected chi connectivity index (χ3v) is 2.77. The van der Waals surface area contributed by atoms with Crippen LogP contribution in [0.15, 0.2) is 0 Å². The molecule has 1 aliphatic carbocycles. The Hall–Kier alpha value is 0.270. The van der Waals surface area contributed by atoms with E-state index < -0.39 is 0 Å². The maximum Gasteiger partial charge on any atom is 0.0104 e. The van der Waals surface area contributed by atoms with Crippen molar-refractivity contribution >= 4 is 11.8 Å². The molecule has 12 heavy (non-hydrogen) atoms. The lowest BCUT2D eigenvalue weighted by Crippen LogP contribution is -2.31. The molecule has 0 spiro atoms. The Balaban J connectivity index is 1.83. The van der Waals surface area contributed by atoms with Gasteiger partial charge in [0.05, 0.1) is 0 Å². The fourth-order valence-corrected chi connectivity index (χ4v) is 1.60. The van der Waals surface area contributed by atoms with Gasteiger partial charge in [-0.3, -0.25) is 0 Å². The zero-order valence-corrected chi connectivity index (χ0v) is 8.99. The topological polar surface area (TPSA) is 15.3 Å². The van der Waals surface area contributed by atoms with E-state index in [0.717, 1.165) is 12.6 Å². The summed E-state index contributed by atoms with van der Waals surface area (Å²) < 4.78 is 0. The molecule has 0 aromatic rings. The van der Waals surface area contributed by atoms with Gasteiger partial charge in [-0.1, -0.05) is 0 Å². The van der Waals surface area contributed by atoms with Gasteiger partial charge in [0, 0.05) is 31.4 Å². The van der Waals surface area contributed by atoms with Gasteiger partial charge in [0.15, 0.2) is 0 Å². The molecular weight excluding hydrogens is 168 g/mol. The quantitative estimate of drug-likeness (QED) is 0.642. The lowest BCUT2D eigenvalue weighted by molar-refractivity contribution is 0.351. The maximum atomic E-state index is 3.52. The predicted octanol–water partition coefficient (Wildman–Crippen LogP) is 1.03. The van der Waals surface area contributed by atoms with Gasteiger partial charge < -0.3 is 10.2 Å². The second-order valence-electron chi connectivity index (χ2n) is 3.52. The molecule has 1 fully saturated rings. The summed E-state index contributed by atoms with van der Waals surface area (Å²) >= 11 is 1.92. The van der Waals surface area contributed by atoms with Gasteiger partial charge in [0.1, 0.15) is 0 Å². The molecule has 0 bridgehead atoms. The second-order valence-corrected chi connectivity index (χ2v) is 4.51. The molecule has 1 N–H and O–H groups in total. The highest BCUT2D eigenvalue weighted by molar-refractivity contribution is 7.98. The largest absolute Gasteiger partial charge is 0.313 e. The Morgan fingerprint density at radius 3 is 2.75 bits per heavy atom. The summed E-state index contributed by atoms with van der Waals surface area (Å²) in [6.07, 6.45) is 4.96. The van der Waals surface area contributed by atoms with Crippen LogP contribution in [0.5, 0.6) is 0 Å². The van der Waals surface area contributed by atoms with Crippen LogP contribution in [0.25, 0.3) is 0 Å². The Kier molecular flexibility index (Phi) is 5.04. The number of nitrogens with one attached hydrogen (secondary N) is 1. The van der Waals surface area contributed by atoms with Gasteiger partial charge in [-0.2, -0.15) is 11.8 Å². The maximum absolute atomic E-state index is 3.52. The number of hydrogen-bond acceptors (Lipinski definition) is 3. The lowest BCUT2D eigenvalue weighted by Gasteiger charge is -2.15. The molecule has 0 aromatic carbocycles. The van der Waals surface area contributed by atoms with E-state index in [2.05, 4.69) is 23.5 Å². The summed E-state index contributed by atoms with van der Waals surface area (Å²) in [7, 11) is 2.20. The van der Waals surface area contributed by atoms with Crippen molar-refractivity contribution in [2.75, 3.05) is 38.7 Å². The molecule has 0 aromatic heterocycles. The molecule has 0 radical (unpaired) electrons. The van der Waals surface area contributed by atoms with Gasteiger partial charge in [-0.25, -0.2) is 0 Å². The van der Waals surface area contributed by atoms with Crippen LogP contribution < -0.4 is 5.32 Å². The lowest BCUT2D eigenvalue weighted by atomic mass is 10.5. The minimum absolute atomic E-state index is 0.860. The van der Waals surface area contributed by atoms with Crippen LogP contribution in [0.4, 0.5) is 0 Å². The first-order valence-corrected chi connectivity index (χ1v) is 6.13. The van der Waals surface area contributed by atoms with E-state index in [1.54, 1.807) is 0 Å². The molecule has 1 saturated carbocycles. The van der Waals surface area contributed by atoms with E-state index in [4.69, 9.17) is 0 Å². The van der Waals surface area contributed by atoms with Crippen LogP contribution >= 0.6 is 11.8 Å². The van der Waals surface area contributed by atoms with Crippen molar-refractivity contribution in [3.8, 4) is 0 Å². The highest BCUT2D eigenvalue weighted by Gasteiger charge is 2.19. The minimum Gasteiger partial charge on any atom is -0.313 e. The summed E-state index contributed by atoms with van der Waals surface area (Å²) in [5.74, 6) is 1.25. The Morgan fingerprint density at radius 2 is 2.17 bits per heavy atom. The van der Waals surface area contributed by atoms with E-state index in [1.165, 1.54) is 31.7 Å². The van der Waals surface area contributed by atoms with E-state index >= 15 is 0 Å². The summed E-state index contributed by atoms with van der Waals surface area (Å²) in [5.41, 5.74) is 0. The molecule has 0 amide bonds. The zero-order valence-electron chi connectivity index (χ0n) is 8.18. The first-order valence-electron chi connectivity index (χ1n) is 4.74. The van der Waals surface area contributed by atoms with Gasteiger partial charge >= 0.3 is 0 Å². The first kappa shape index (κ1) is 10.4. The molecule has 72 valence electrons. The normalized spacial score (nSPS) is 17.2. The highest BCUT2D eigenvalue weighted by Crippen LogP contribution is 2.17. The van der Waals surface area contributed by atoms with Gasteiger partial charge in [0.2, 0.25) is 0 Å². The standard InChI is InChI=1S/C9H20N2S/c1-11(7-8-12-2)6-5-10-9-3-4-9/h9-10H,3-8H2,1-2H3. The number of likely N-dealkylation sites (N-methyl/N-ethyl adjacent to an activating group) is 1. The number of thioether (sulfide) groups is 1. The van der Waals surface area contributed by atoms with E-state index in [-0.39, 0.29) is 0 Å². The van der Waals surface area contributed by atoms with Crippen LogP contribution in [0.1, 0.15) is 12.8 Å². The molecule has 0 heterocycles. The van der Waals surface area contributed by atoms with Crippen molar-refractivity contribution in [1.29, 1.82) is 0 Å². The fraction of sp³-hybridized carbons (Fsp3) is 1.00. The van der Waals surface area contributed by atoms with Crippen LogP contribution in [0.2, 0.25) is 0 Å². The predicted molar refractivity (Wildman–Crippen MR) is 56.9 cm³/mol. The SMILES string of the molecule is CSCCN(C)CCNC1CC1. The van der Waals surface area contributed by atoms with Crippen LogP contribution in [0, 0.1) is 0 Å². The molecule has 1 rings (SSSR count). The third-order valence-electron chi connectivity index (χ3n) is 2.18. The van der Waals surface area contributed by atoms with E-state index in [9.17, 15) is 0 Å². The Bertz CT molecular complexity index is 115. The van der Waals surface area contributed by atoms with Crippen molar-refractivity contribution in [1.82, 2.24) is 10.2 Å². The van der Waals surface area contributed by atoms with Crippen molar-refractivity contribution in [3.63, 3.8) is 0 Å². The fourth-order valence-electron chi connectivity index (χ4n) is 1.11. The summed E-state index contributed by atoms with van der Waals surface area (Å²) in [4.78, 5) is 2.39. The van der Waals surface area contributed by atoms with Gasteiger partial charge in [-0.15, -0.1) is 0 Å².